The summed E-state index contributed by atoms with van der Waals surface area (Å²) in [6.07, 6.45) is 2.48. The van der Waals surface area contributed by atoms with Gasteiger partial charge in [-0.05, 0) is 51.2 Å². The topological polar surface area (TPSA) is 55.1 Å². The van der Waals surface area contributed by atoms with Gasteiger partial charge in [0.1, 0.15) is 0 Å². The molecule has 2 aromatic rings. The van der Waals surface area contributed by atoms with Crippen molar-refractivity contribution < 1.29 is 9.90 Å². The first kappa shape index (κ1) is 14.4. The van der Waals surface area contributed by atoms with Crippen molar-refractivity contribution in [3.8, 4) is 0 Å². The summed E-state index contributed by atoms with van der Waals surface area (Å²) in [6, 6.07) is 6.10. The molecule has 112 valence electrons. The molecule has 0 saturated heterocycles. The summed E-state index contributed by atoms with van der Waals surface area (Å²) in [7, 11) is 0. The number of aryl methyl sites for hydroxylation is 1. The van der Waals surface area contributed by atoms with Crippen LogP contribution in [0.3, 0.4) is 0 Å². The largest absolute Gasteiger partial charge is 0.481 e. The van der Waals surface area contributed by atoms with E-state index in [4.69, 9.17) is 5.11 Å². The van der Waals surface area contributed by atoms with Crippen molar-refractivity contribution in [2.45, 2.75) is 44.3 Å². The summed E-state index contributed by atoms with van der Waals surface area (Å²) in [5.41, 5.74) is 3.26. The van der Waals surface area contributed by atoms with Crippen LogP contribution in [0.1, 0.15) is 32.3 Å². The Kier molecular flexibility index (Phi) is 3.48. The molecule has 21 heavy (non-hydrogen) atoms. The minimum absolute atomic E-state index is 0.0261. The molecule has 0 radical (unpaired) electrons. The number of carboxylic acids is 1. The van der Waals surface area contributed by atoms with Crippen LogP contribution in [-0.4, -0.2) is 26.4 Å². The van der Waals surface area contributed by atoms with E-state index in [2.05, 4.69) is 36.4 Å². The Morgan fingerprint density at radius 3 is 2.81 bits per heavy atom. The normalized spacial score (nSPS) is 15.6. The number of para-hydroxylation sites is 1. The van der Waals surface area contributed by atoms with Gasteiger partial charge in [-0.15, -0.1) is 0 Å². The maximum absolute atomic E-state index is 10.9. The molecule has 0 unspecified atom stereocenters. The number of hydrogen-bond donors (Lipinski definition) is 1. The number of thioether (sulfide) groups is 1. The van der Waals surface area contributed by atoms with Crippen LogP contribution in [0.2, 0.25) is 0 Å². The van der Waals surface area contributed by atoms with Crippen LogP contribution in [0.4, 0.5) is 0 Å². The first-order chi connectivity index (χ1) is 9.91. The van der Waals surface area contributed by atoms with E-state index in [1.165, 1.54) is 30.2 Å². The molecule has 0 spiro atoms. The molecule has 4 nitrogen and oxygen atoms in total. The zero-order valence-corrected chi connectivity index (χ0v) is 13.4. The molecule has 3 rings (SSSR count). The SMILES string of the molecule is Cc1cccc2nc(SCC(=O)O)n(C(C)(C)C3CC3)c12. The van der Waals surface area contributed by atoms with Gasteiger partial charge in [0.2, 0.25) is 0 Å². The van der Waals surface area contributed by atoms with Gasteiger partial charge in [-0.3, -0.25) is 4.79 Å². The molecule has 1 aliphatic rings. The summed E-state index contributed by atoms with van der Waals surface area (Å²) >= 11 is 1.31. The number of carboxylic acid groups (broad SMARTS) is 1. The van der Waals surface area contributed by atoms with Crippen LogP contribution in [0.25, 0.3) is 11.0 Å². The van der Waals surface area contributed by atoms with Crippen molar-refractivity contribution in [3.63, 3.8) is 0 Å². The molecule has 1 aromatic heterocycles. The first-order valence-corrected chi connectivity index (χ1v) is 8.23. The highest BCUT2D eigenvalue weighted by atomic mass is 32.2. The van der Waals surface area contributed by atoms with Gasteiger partial charge in [0.15, 0.2) is 5.16 Å². The Morgan fingerprint density at radius 2 is 2.19 bits per heavy atom. The van der Waals surface area contributed by atoms with Crippen molar-refractivity contribution in [1.82, 2.24) is 9.55 Å². The van der Waals surface area contributed by atoms with Crippen LogP contribution in [-0.2, 0) is 10.3 Å². The third-order valence-electron chi connectivity index (χ3n) is 4.32. The number of nitrogens with zero attached hydrogens (tertiary/aromatic N) is 2. The average molecular weight is 304 g/mol. The van der Waals surface area contributed by atoms with Crippen LogP contribution < -0.4 is 0 Å². The molecule has 1 fully saturated rings. The molecular weight excluding hydrogens is 284 g/mol. The maximum Gasteiger partial charge on any atom is 0.313 e. The minimum atomic E-state index is -0.806. The molecule has 0 amide bonds. The van der Waals surface area contributed by atoms with E-state index in [1.807, 2.05) is 12.1 Å². The number of benzene rings is 1. The van der Waals surface area contributed by atoms with Gasteiger partial charge in [-0.1, -0.05) is 23.9 Å². The molecule has 0 aliphatic heterocycles. The predicted octanol–water partition coefficient (Wildman–Crippen LogP) is 3.67. The fourth-order valence-electron chi connectivity index (χ4n) is 3.00. The summed E-state index contributed by atoms with van der Waals surface area (Å²) in [5, 5.41) is 9.78. The number of rotatable bonds is 5. The second-order valence-electron chi connectivity index (χ2n) is 6.28. The van der Waals surface area contributed by atoms with Gasteiger partial charge >= 0.3 is 5.97 Å². The van der Waals surface area contributed by atoms with E-state index >= 15 is 0 Å². The summed E-state index contributed by atoms with van der Waals surface area (Å²) < 4.78 is 2.27. The molecule has 1 N–H and O–H groups in total. The Morgan fingerprint density at radius 1 is 1.48 bits per heavy atom. The van der Waals surface area contributed by atoms with Gasteiger partial charge in [-0.2, -0.15) is 0 Å². The zero-order chi connectivity index (χ0) is 15.2. The maximum atomic E-state index is 10.9. The van der Waals surface area contributed by atoms with Crippen LogP contribution in [0.5, 0.6) is 0 Å². The number of imidazole rings is 1. The van der Waals surface area contributed by atoms with E-state index < -0.39 is 5.97 Å². The third kappa shape index (κ3) is 2.55. The highest BCUT2D eigenvalue weighted by Crippen LogP contribution is 2.47. The van der Waals surface area contributed by atoms with Gasteiger partial charge in [0.05, 0.1) is 16.8 Å². The number of fused-ring (bicyclic) bond motifs is 1. The molecule has 1 heterocycles. The van der Waals surface area contributed by atoms with Crippen LogP contribution in [0.15, 0.2) is 23.4 Å². The van der Waals surface area contributed by atoms with Crippen molar-refractivity contribution in [1.29, 1.82) is 0 Å². The Balaban J connectivity index is 2.16. The summed E-state index contributed by atoms with van der Waals surface area (Å²) in [6.45, 7) is 6.57. The summed E-state index contributed by atoms with van der Waals surface area (Å²) in [5.74, 6) is -0.110. The highest BCUT2D eigenvalue weighted by Gasteiger charge is 2.41. The Hall–Kier alpha value is -1.49. The number of aromatic nitrogens is 2. The van der Waals surface area contributed by atoms with E-state index in [-0.39, 0.29) is 11.3 Å². The van der Waals surface area contributed by atoms with E-state index in [0.717, 1.165) is 16.2 Å². The van der Waals surface area contributed by atoms with Crippen LogP contribution >= 0.6 is 11.8 Å². The molecular formula is C16H20N2O2S. The number of carbonyl (C=O) groups is 1. The predicted molar refractivity (Wildman–Crippen MR) is 84.9 cm³/mol. The molecule has 0 atom stereocenters. The van der Waals surface area contributed by atoms with E-state index in [1.54, 1.807) is 0 Å². The molecule has 0 bridgehead atoms. The standard InChI is InChI=1S/C16H20N2O2S/c1-10-5-4-6-12-14(10)18(16(2,3)11-7-8-11)15(17-12)21-9-13(19)20/h4-6,11H,7-9H2,1-3H3,(H,19,20). The van der Waals surface area contributed by atoms with E-state index in [0.29, 0.717) is 5.92 Å². The number of hydrogen-bond acceptors (Lipinski definition) is 3. The van der Waals surface area contributed by atoms with Gasteiger partial charge in [0, 0.05) is 5.54 Å². The van der Waals surface area contributed by atoms with Crippen molar-refractivity contribution in [2.75, 3.05) is 5.75 Å². The van der Waals surface area contributed by atoms with Crippen molar-refractivity contribution in [3.05, 3.63) is 23.8 Å². The smallest absolute Gasteiger partial charge is 0.313 e. The lowest BCUT2D eigenvalue weighted by atomic mass is 9.97. The minimum Gasteiger partial charge on any atom is -0.481 e. The average Bonchev–Trinajstić information content (AvgIpc) is 3.18. The third-order valence-corrected chi connectivity index (χ3v) is 5.25. The lowest BCUT2D eigenvalue weighted by Gasteiger charge is -2.29. The number of aliphatic carboxylic acids is 1. The zero-order valence-electron chi connectivity index (χ0n) is 12.6. The Bertz CT molecular complexity index is 702. The van der Waals surface area contributed by atoms with E-state index in [9.17, 15) is 4.79 Å². The Labute approximate surface area is 128 Å². The fraction of sp³-hybridized carbons (Fsp3) is 0.500. The lowest BCUT2D eigenvalue weighted by molar-refractivity contribution is -0.133. The molecule has 1 aromatic carbocycles. The van der Waals surface area contributed by atoms with Gasteiger partial charge in [0.25, 0.3) is 0 Å². The highest BCUT2D eigenvalue weighted by molar-refractivity contribution is 7.99. The lowest BCUT2D eigenvalue weighted by Crippen LogP contribution is -2.29. The van der Waals surface area contributed by atoms with Crippen LogP contribution in [0, 0.1) is 12.8 Å². The quantitative estimate of drug-likeness (QED) is 0.856. The first-order valence-electron chi connectivity index (χ1n) is 7.24. The molecule has 1 saturated carbocycles. The van der Waals surface area contributed by atoms with Crippen molar-refractivity contribution in [2.24, 2.45) is 5.92 Å². The summed E-state index contributed by atoms with van der Waals surface area (Å²) in [4.78, 5) is 15.6. The monoisotopic (exact) mass is 304 g/mol. The fourth-order valence-corrected chi connectivity index (χ4v) is 3.87. The second kappa shape index (κ2) is 5.05. The molecule has 1 aliphatic carbocycles. The van der Waals surface area contributed by atoms with Gasteiger partial charge in [-0.25, -0.2) is 4.98 Å². The van der Waals surface area contributed by atoms with Crippen molar-refractivity contribution >= 4 is 28.8 Å². The molecule has 5 heteroatoms. The van der Waals surface area contributed by atoms with Gasteiger partial charge < -0.3 is 9.67 Å². The second-order valence-corrected chi connectivity index (χ2v) is 7.23.